The molecule has 2 amide bonds. The topological polar surface area (TPSA) is 154 Å². The number of nitro groups is 1. The molecule has 0 aliphatic carbocycles. The van der Waals surface area contributed by atoms with Crippen LogP contribution < -0.4 is 10.6 Å². The number of nitrogens with one attached hydrogen (secondary N) is 2. The van der Waals surface area contributed by atoms with E-state index in [1.165, 1.54) is 38.3 Å². The molecule has 0 bridgehead atoms. The second kappa shape index (κ2) is 12.8. The van der Waals surface area contributed by atoms with E-state index >= 15 is 0 Å². The first-order valence-corrected chi connectivity index (χ1v) is 10.7. The van der Waals surface area contributed by atoms with E-state index in [9.17, 15) is 29.3 Å². The SMILES string of the molecule is COC(=O)C[C@H](c1ccc([N+](=O)[O-])cc1)[C@@H](NC(=O)[C@@H](Cc1ccccc1)NC(C)=O)C(=O)OC. The van der Waals surface area contributed by atoms with Gasteiger partial charge >= 0.3 is 11.9 Å². The summed E-state index contributed by atoms with van der Waals surface area (Å²) in [7, 11) is 2.30. The van der Waals surface area contributed by atoms with Gasteiger partial charge in [0.2, 0.25) is 11.8 Å². The maximum atomic E-state index is 13.2. The number of non-ortho nitro benzene ring substituents is 1. The highest BCUT2D eigenvalue weighted by Crippen LogP contribution is 2.27. The van der Waals surface area contributed by atoms with Gasteiger partial charge in [0.25, 0.3) is 5.69 Å². The zero-order valence-corrected chi connectivity index (χ0v) is 19.6. The first-order valence-electron chi connectivity index (χ1n) is 10.7. The number of nitro benzene ring substituents is 1. The fraction of sp³-hybridized carbons (Fsp3) is 0.333. The molecule has 0 aromatic heterocycles. The lowest BCUT2D eigenvalue weighted by Crippen LogP contribution is -2.54. The molecule has 3 atom stereocenters. The van der Waals surface area contributed by atoms with Crippen LogP contribution in [0.25, 0.3) is 0 Å². The van der Waals surface area contributed by atoms with Crippen LogP contribution in [0.2, 0.25) is 0 Å². The molecule has 0 radical (unpaired) electrons. The van der Waals surface area contributed by atoms with Crippen molar-refractivity contribution in [1.82, 2.24) is 10.6 Å². The standard InChI is InChI=1S/C24H27N3O8/c1-15(28)25-20(13-16-7-5-4-6-8-16)23(30)26-22(24(31)35-3)19(14-21(29)34-2)17-9-11-18(12-10-17)27(32)33/h4-12,19-20,22H,13-14H2,1-3H3,(H,25,28)(H,26,30)/t19-,20-,22-/m1/s1. The summed E-state index contributed by atoms with van der Waals surface area (Å²) in [6.45, 7) is 1.26. The molecule has 35 heavy (non-hydrogen) atoms. The van der Waals surface area contributed by atoms with E-state index in [4.69, 9.17) is 9.47 Å². The van der Waals surface area contributed by atoms with Gasteiger partial charge in [0.15, 0.2) is 0 Å². The molecule has 0 saturated heterocycles. The zero-order chi connectivity index (χ0) is 26.0. The summed E-state index contributed by atoms with van der Waals surface area (Å²) in [6.07, 6.45) is -0.169. The number of carbonyl (C=O) groups excluding carboxylic acids is 4. The largest absolute Gasteiger partial charge is 0.469 e. The summed E-state index contributed by atoms with van der Waals surface area (Å²) in [5.74, 6) is -3.59. The quantitative estimate of drug-likeness (QED) is 0.277. The second-order valence-electron chi connectivity index (χ2n) is 7.69. The van der Waals surface area contributed by atoms with Crippen LogP contribution in [0.1, 0.15) is 30.4 Å². The fourth-order valence-electron chi connectivity index (χ4n) is 3.54. The van der Waals surface area contributed by atoms with E-state index in [1.807, 2.05) is 6.07 Å². The average Bonchev–Trinajstić information content (AvgIpc) is 2.85. The van der Waals surface area contributed by atoms with E-state index in [1.54, 1.807) is 24.3 Å². The molecule has 186 valence electrons. The van der Waals surface area contributed by atoms with Crippen molar-refractivity contribution < 1.29 is 33.6 Å². The molecule has 0 aliphatic rings. The van der Waals surface area contributed by atoms with Crippen LogP contribution in [-0.2, 0) is 35.1 Å². The minimum atomic E-state index is -1.35. The Labute approximate surface area is 201 Å². The van der Waals surface area contributed by atoms with Gasteiger partial charge in [0.05, 0.1) is 25.6 Å². The fourth-order valence-corrected chi connectivity index (χ4v) is 3.54. The lowest BCUT2D eigenvalue weighted by molar-refractivity contribution is -0.384. The summed E-state index contributed by atoms with van der Waals surface area (Å²) < 4.78 is 9.61. The minimum Gasteiger partial charge on any atom is -0.469 e. The van der Waals surface area contributed by atoms with Gasteiger partial charge in [-0.2, -0.15) is 0 Å². The molecule has 0 fully saturated rings. The number of amides is 2. The Hall–Kier alpha value is -4.28. The average molecular weight is 485 g/mol. The highest BCUT2D eigenvalue weighted by atomic mass is 16.6. The number of rotatable bonds is 11. The van der Waals surface area contributed by atoms with Crippen molar-refractivity contribution in [3.8, 4) is 0 Å². The summed E-state index contributed by atoms with van der Waals surface area (Å²) in [4.78, 5) is 60.3. The Morgan fingerprint density at radius 1 is 0.943 bits per heavy atom. The van der Waals surface area contributed by atoms with Gasteiger partial charge in [-0.05, 0) is 11.1 Å². The van der Waals surface area contributed by atoms with Gasteiger partial charge in [-0.1, -0.05) is 42.5 Å². The van der Waals surface area contributed by atoms with Crippen molar-refractivity contribution in [3.05, 3.63) is 75.8 Å². The Bertz CT molecular complexity index is 1060. The van der Waals surface area contributed by atoms with Crippen LogP contribution in [0.15, 0.2) is 54.6 Å². The normalized spacial score (nSPS) is 13.0. The molecule has 2 N–H and O–H groups in total. The van der Waals surface area contributed by atoms with Gasteiger partial charge < -0.3 is 20.1 Å². The highest BCUT2D eigenvalue weighted by molar-refractivity contribution is 5.91. The van der Waals surface area contributed by atoms with Crippen LogP contribution in [0.3, 0.4) is 0 Å². The predicted octanol–water partition coefficient (Wildman–Crippen LogP) is 1.65. The van der Waals surface area contributed by atoms with E-state index in [2.05, 4.69) is 10.6 Å². The van der Waals surface area contributed by atoms with Gasteiger partial charge in [0, 0.05) is 31.4 Å². The number of carbonyl (C=O) groups is 4. The molecular weight excluding hydrogens is 458 g/mol. The van der Waals surface area contributed by atoms with Crippen molar-refractivity contribution in [2.45, 2.75) is 37.8 Å². The van der Waals surface area contributed by atoms with E-state index in [0.29, 0.717) is 5.56 Å². The molecule has 0 saturated carbocycles. The molecule has 11 nitrogen and oxygen atoms in total. The molecule has 2 aromatic rings. The van der Waals surface area contributed by atoms with Gasteiger partial charge in [-0.25, -0.2) is 4.79 Å². The van der Waals surface area contributed by atoms with Crippen LogP contribution in [0.5, 0.6) is 0 Å². The smallest absolute Gasteiger partial charge is 0.329 e. The van der Waals surface area contributed by atoms with Crippen LogP contribution in [-0.4, -0.2) is 55.0 Å². The number of ether oxygens (including phenoxy) is 2. The lowest BCUT2D eigenvalue weighted by Gasteiger charge is -2.28. The molecule has 11 heteroatoms. The third-order valence-electron chi connectivity index (χ3n) is 5.28. The summed E-state index contributed by atoms with van der Waals surface area (Å²) in [5.41, 5.74) is 0.964. The maximum Gasteiger partial charge on any atom is 0.329 e. The number of esters is 2. The molecule has 2 rings (SSSR count). The molecule has 2 aromatic carbocycles. The number of hydrogen-bond acceptors (Lipinski definition) is 8. The molecular formula is C24H27N3O8. The Morgan fingerprint density at radius 3 is 2.09 bits per heavy atom. The van der Waals surface area contributed by atoms with Crippen molar-refractivity contribution >= 4 is 29.4 Å². The maximum absolute atomic E-state index is 13.2. The summed E-state index contributed by atoms with van der Waals surface area (Å²) in [6, 6.07) is 11.8. The van der Waals surface area contributed by atoms with Crippen molar-refractivity contribution in [2.75, 3.05) is 14.2 Å². The Morgan fingerprint density at radius 2 is 1.57 bits per heavy atom. The molecule has 0 aliphatic heterocycles. The van der Waals surface area contributed by atoms with Crippen LogP contribution >= 0.6 is 0 Å². The number of methoxy groups -OCH3 is 2. The number of benzene rings is 2. The van der Waals surface area contributed by atoms with Gasteiger partial charge in [-0.15, -0.1) is 0 Å². The van der Waals surface area contributed by atoms with E-state index in [0.717, 1.165) is 12.7 Å². The van der Waals surface area contributed by atoms with Crippen molar-refractivity contribution in [1.29, 1.82) is 0 Å². The van der Waals surface area contributed by atoms with Crippen LogP contribution in [0, 0.1) is 10.1 Å². The van der Waals surface area contributed by atoms with Crippen molar-refractivity contribution in [3.63, 3.8) is 0 Å². The predicted molar refractivity (Wildman–Crippen MR) is 124 cm³/mol. The van der Waals surface area contributed by atoms with E-state index in [-0.39, 0.29) is 18.5 Å². The first kappa shape index (κ1) is 27.0. The van der Waals surface area contributed by atoms with Gasteiger partial charge in [-0.3, -0.25) is 24.5 Å². The zero-order valence-electron chi connectivity index (χ0n) is 19.6. The second-order valence-corrected chi connectivity index (χ2v) is 7.69. The number of hydrogen-bond donors (Lipinski definition) is 2. The molecule has 0 unspecified atom stereocenters. The molecule has 0 heterocycles. The third kappa shape index (κ3) is 7.91. The first-order chi connectivity index (χ1) is 16.7. The third-order valence-corrected chi connectivity index (χ3v) is 5.28. The van der Waals surface area contributed by atoms with Crippen LogP contribution in [0.4, 0.5) is 5.69 Å². The van der Waals surface area contributed by atoms with Crippen molar-refractivity contribution in [2.24, 2.45) is 0 Å². The number of nitrogens with zero attached hydrogens (tertiary/aromatic N) is 1. The Balaban J connectivity index is 2.40. The lowest BCUT2D eigenvalue weighted by atomic mass is 9.87. The Kier molecular flexibility index (Phi) is 9.88. The summed E-state index contributed by atoms with van der Waals surface area (Å²) >= 11 is 0. The molecule has 0 spiro atoms. The summed E-state index contributed by atoms with van der Waals surface area (Å²) in [5, 5.41) is 16.2. The minimum absolute atomic E-state index is 0.152. The van der Waals surface area contributed by atoms with Gasteiger partial charge in [0.1, 0.15) is 12.1 Å². The monoisotopic (exact) mass is 485 g/mol. The van der Waals surface area contributed by atoms with E-state index < -0.39 is 46.7 Å². The highest BCUT2D eigenvalue weighted by Gasteiger charge is 2.36.